The molecule has 0 aliphatic carbocycles. The number of benzene rings is 1. The van der Waals surface area contributed by atoms with Gasteiger partial charge in [-0.05, 0) is 37.6 Å². The molecule has 0 heterocycles. The maximum absolute atomic E-state index is 9.62. The molecule has 1 aromatic carbocycles. The number of hydrogen-bond donors (Lipinski definition) is 1. The van der Waals surface area contributed by atoms with Crippen LogP contribution in [0, 0.1) is 0 Å². The van der Waals surface area contributed by atoms with E-state index >= 15 is 0 Å². The fourth-order valence-electron chi connectivity index (χ4n) is 0.907. The summed E-state index contributed by atoms with van der Waals surface area (Å²) in [4.78, 5) is 0. The molecule has 0 aromatic heterocycles. The van der Waals surface area contributed by atoms with Crippen LogP contribution in [0.3, 0.4) is 0 Å². The van der Waals surface area contributed by atoms with Crippen molar-refractivity contribution in [2.24, 2.45) is 0 Å². The molecule has 0 amide bonds. The molecule has 0 saturated carbocycles. The zero-order chi connectivity index (χ0) is 9.35. The van der Waals surface area contributed by atoms with Gasteiger partial charge in [0.15, 0.2) is 0 Å². The van der Waals surface area contributed by atoms with Crippen LogP contribution in [-0.2, 0) is 5.60 Å². The number of aliphatic hydroxyl groups is 1. The highest BCUT2D eigenvalue weighted by Gasteiger charge is 2.16. The van der Waals surface area contributed by atoms with Gasteiger partial charge in [-0.25, -0.2) is 0 Å². The van der Waals surface area contributed by atoms with E-state index in [1.54, 1.807) is 32.0 Å². The van der Waals surface area contributed by atoms with Crippen molar-refractivity contribution in [3.8, 4) is 0 Å². The lowest BCUT2D eigenvalue weighted by molar-refractivity contribution is 0.0786. The molecule has 66 valence electrons. The molecule has 0 saturated heterocycles. The molecule has 0 aliphatic rings. The molecule has 1 nitrogen and oxygen atoms in total. The second-order valence-electron chi connectivity index (χ2n) is 3.22. The van der Waals surface area contributed by atoms with Gasteiger partial charge in [-0.15, -0.1) is 0 Å². The first-order valence-corrected chi connectivity index (χ1v) is 4.34. The number of halogens is 2. The fourth-order valence-corrected chi connectivity index (χ4v) is 1.43. The van der Waals surface area contributed by atoms with Crippen molar-refractivity contribution in [3.63, 3.8) is 0 Å². The van der Waals surface area contributed by atoms with Gasteiger partial charge >= 0.3 is 0 Å². The van der Waals surface area contributed by atoms with Crippen LogP contribution in [0.15, 0.2) is 18.2 Å². The molecule has 1 N–H and O–H groups in total. The van der Waals surface area contributed by atoms with E-state index in [1.807, 2.05) is 0 Å². The van der Waals surface area contributed by atoms with Gasteiger partial charge in [0.05, 0.1) is 5.60 Å². The first-order valence-electron chi connectivity index (χ1n) is 3.58. The highest BCUT2D eigenvalue weighted by atomic mass is 35.5. The Morgan fingerprint density at radius 1 is 1.08 bits per heavy atom. The summed E-state index contributed by atoms with van der Waals surface area (Å²) in [7, 11) is 0. The zero-order valence-corrected chi connectivity index (χ0v) is 8.45. The maximum atomic E-state index is 9.62. The van der Waals surface area contributed by atoms with Gasteiger partial charge in [0, 0.05) is 10.0 Å². The molecule has 0 atom stereocenters. The Morgan fingerprint density at radius 2 is 1.50 bits per heavy atom. The summed E-state index contributed by atoms with van der Waals surface area (Å²) in [6.45, 7) is 3.38. The Kier molecular flexibility index (Phi) is 2.67. The predicted octanol–water partition coefficient (Wildman–Crippen LogP) is 3.22. The Balaban J connectivity index is 3.18. The Morgan fingerprint density at radius 3 is 1.83 bits per heavy atom. The highest BCUT2D eigenvalue weighted by Crippen LogP contribution is 2.26. The zero-order valence-electron chi connectivity index (χ0n) is 6.94. The molecule has 0 bridgehead atoms. The van der Waals surface area contributed by atoms with Crippen LogP contribution in [0.2, 0.25) is 10.0 Å². The molecule has 12 heavy (non-hydrogen) atoms. The van der Waals surface area contributed by atoms with Gasteiger partial charge in [-0.1, -0.05) is 23.2 Å². The van der Waals surface area contributed by atoms with Crippen molar-refractivity contribution in [1.82, 2.24) is 0 Å². The maximum Gasteiger partial charge on any atom is 0.0841 e. The standard InChI is InChI=1S/C9H10Cl2O/c1-9(2,12)6-3-7(10)5-8(11)4-6/h3-5,12H,1-2H3. The van der Waals surface area contributed by atoms with Crippen LogP contribution in [0.5, 0.6) is 0 Å². The van der Waals surface area contributed by atoms with E-state index in [2.05, 4.69) is 0 Å². The fraction of sp³-hybridized carbons (Fsp3) is 0.333. The van der Waals surface area contributed by atoms with Crippen molar-refractivity contribution in [2.45, 2.75) is 19.4 Å². The quantitative estimate of drug-likeness (QED) is 0.746. The monoisotopic (exact) mass is 204 g/mol. The van der Waals surface area contributed by atoms with E-state index in [-0.39, 0.29) is 0 Å². The summed E-state index contributed by atoms with van der Waals surface area (Å²) in [5, 5.41) is 10.7. The molecule has 1 rings (SSSR count). The van der Waals surface area contributed by atoms with Gasteiger partial charge in [0.2, 0.25) is 0 Å². The minimum atomic E-state index is -0.894. The topological polar surface area (TPSA) is 20.2 Å². The van der Waals surface area contributed by atoms with Gasteiger partial charge in [0.1, 0.15) is 0 Å². The predicted molar refractivity (Wildman–Crippen MR) is 51.7 cm³/mol. The lowest BCUT2D eigenvalue weighted by atomic mass is 9.99. The summed E-state index contributed by atoms with van der Waals surface area (Å²) in [6, 6.07) is 5.04. The summed E-state index contributed by atoms with van der Waals surface area (Å²) < 4.78 is 0. The summed E-state index contributed by atoms with van der Waals surface area (Å²) in [5.41, 5.74) is -0.172. The minimum Gasteiger partial charge on any atom is -0.386 e. The number of hydrogen-bond acceptors (Lipinski definition) is 1. The minimum absolute atomic E-state index is 0.541. The largest absolute Gasteiger partial charge is 0.386 e. The van der Waals surface area contributed by atoms with Crippen LogP contribution in [0.1, 0.15) is 19.4 Å². The van der Waals surface area contributed by atoms with Crippen molar-refractivity contribution >= 4 is 23.2 Å². The van der Waals surface area contributed by atoms with E-state index in [9.17, 15) is 5.11 Å². The van der Waals surface area contributed by atoms with Gasteiger partial charge in [-0.2, -0.15) is 0 Å². The summed E-state index contributed by atoms with van der Waals surface area (Å²) in [6.07, 6.45) is 0. The molecule has 0 spiro atoms. The van der Waals surface area contributed by atoms with E-state index in [0.29, 0.717) is 10.0 Å². The Labute approximate surface area is 81.9 Å². The van der Waals surface area contributed by atoms with E-state index < -0.39 is 5.60 Å². The van der Waals surface area contributed by atoms with E-state index in [1.165, 1.54) is 0 Å². The van der Waals surface area contributed by atoms with Crippen molar-refractivity contribution < 1.29 is 5.11 Å². The van der Waals surface area contributed by atoms with Crippen molar-refractivity contribution in [2.75, 3.05) is 0 Å². The smallest absolute Gasteiger partial charge is 0.0841 e. The van der Waals surface area contributed by atoms with Gasteiger partial charge < -0.3 is 5.11 Å². The van der Waals surface area contributed by atoms with Crippen LogP contribution in [0.25, 0.3) is 0 Å². The van der Waals surface area contributed by atoms with Gasteiger partial charge in [-0.3, -0.25) is 0 Å². The molecular formula is C9H10Cl2O. The molecule has 0 fully saturated rings. The molecule has 1 aromatic rings. The second kappa shape index (κ2) is 3.25. The van der Waals surface area contributed by atoms with Crippen LogP contribution in [-0.4, -0.2) is 5.11 Å². The average molecular weight is 205 g/mol. The Bertz CT molecular complexity index is 269. The van der Waals surface area contributed by atoms with Gasteiger partial charge in [0.25, 0.3) is 0 Å². The number of rotatable bonds is 1. The molecule has 0 radical (unpaired) electrons. The normalized spacial score (nSPS) is 11.8. The van der Waals surface area contributed by atoms with Crippen LogP contribution >= 0.6 is 23.2 Å². The molecule has 3 heteroatoms. The third kappa shape index (κ3) is 2.37. The van der Waals surface area contributed by atoms with Crippen LogP contribution < -0.4 is 0 Å². The van der Waals surface area contributed by atoms with Crippen molar-refractivity contribution in [3.05, 3.63) is 33.8 Å². The third-order valence-corrected chi connectivity index (χ3v) is 2.01. The average Bonchev–Trinajstić information content (AvgIpc) is 1.82. The molecular weight excluding hydrogens is 195 g/mol. The lowest BCUT2D eigenvalue weighted by Gasteiger charge is -2.18. The first kappa shape index (κ1) is 9.85. The van der Waals surface area contributed by atoms with E-state index in [4.69, 9.17) is 23.2 Å². The Hall–Kier alpha value is -0.240. The van der Waals surface area contributed by atoms with Crippen LogP contribution in [0.4, 0.5) is 0 Å². The first-order chi connectivity index (χ1) is 5.39. The summed E-state index contributed by atoms with van der Waals surface area (Å²) >= 11 is 11.5. The highest BCUT2D eigenvalue weighted by molar-refractivity contribution is 6.34. The second-order valence-corrected chi connectivity index (χ2v) is 4.09. The van der Waals surface area contributed by atoms with E-state index in [0.717, 1.165) is 5.56 Å². The molecule has 0 aliphatic heterocycles. The third-order valence-electron chi connectivity index (χ3n) is 1.57. The van der Waals surface area contributed by atoms with Crippen molar-refractivity contribution in [1.29, 1.82) is 0 Å². The lowest BCUT2D eigenvalue weighted by Crippen LogP contribution is -2.15. The summed E-state index contributed by atoms with van der Waals surface area (Å²) in [5.74, 6) is 0. The molecule has 0 unspecified atom stereocenters. The SMILES string of the molecule is CC(C)(O)c1cc(Cl)cc(Cl)c1.